The number of sulfonamides is 1. The monoisotopic (exact) mass is 283 g/mol. The first kappa shape index (κ1) is 14.1. The number of anilines is 2. The van der Waals surface area contributed by atoms with Gasteiger partial charge in [0.15, 0.2) is 0 Å². The number of hydrogen-bond donors (Lipinski definition) is 3. The molecule has 1 aromatic rings. The molecule has 1 atom stereocenters. The molecule has 1 fully saturated rings. The predicted octanol–water partition coefficient (Wildman–Crippen LogP) is 1.61. The minimum absolute atomic E-state index is 0.0841. The van der Waals surface area contributed by atoms with Crippen LogP contribution in [0.2, 0.25) is 0 Å². The zero-order valence-electron chi connectivity index (χ0n) is 11.1. The van der Waals surface area contributed by atoms with E-state index in [4.69, 9.17) is 0 Å². The molecule has 5 nitrogen and oxygen atoms in total. The number of rotatable bonds is 5. The van der Waals surface area contributed by atoms with E-state index in [0.717, 1.165) is 25.2 Å². The highest BCUT2D eigenvalue weighted by atomic mass is 32.2. The molecule has 106 valence electrons. The Kier molecular flexibility index (Phi) is 4.66. The number of nitrogens with one attached hydrogen (secondary N) is 3. The Labute approximate surface area is 114 Å². The fraction of sp³-hybridized carbons (Fsp3) is 0.538. The Balaban J connectivity index is 1.94. The Morgan fingerprint density at radius 3 is 2.53 bits per heavy atom. The first-order valence-corrected chi connectivity index (χ1v) is 8.32. The fourth-order valence-electron chi connectivity index (χ4n) is 2.10. The second kappa shape index (κ2) is 6.25. The molecule has 0 saturated carbocycles. The van der Waals surface area contributed by atoms with Gasteiger partial charge >= 0.3 is 0 Å². The SMILES string of the molecule is CCS(=O)(=O)Nc1ccc(NC2CCCNC2)cc1. The third kappa shape index (κ3) is 4.40. The van der Waals surface area contributed by atoms with E-state index >= 15 is 0 Å². The molecule has 0 aliphatic carbocycles. The molecular formula is C13H21N3O2S. The standard InChI is InChI=1S/C13H21N3O2S/c1-2-19(17,18)16-12-7-5-11(6-8-12)15-13-4-3-9-14-10-13/h5-8,13-16H,2-4,9-10H2,1H3. The van der Waals surface area contributed by atoms with Crippen molar-refractivity contribution in [3.8, 4) is 0 Å². The van der Waals surface area contributed by atoms with Gasteiger partial charge in [-0.25, -0.2) is 8.42 Å². The average Bonchev–Trinajstić information content (AvgIpc) is 2.42. The first-order chi connectivity index (χ1) is 9.09. The lowest BCUT2D eigenvalue weighted by Crippen LogP contribution is -2.38. The lowest BCUT2D eigenvalue weighted by molar-refractivity contribution is 0.480. The summed E-state index contributed by atoms with van der Waals surface area (Å²) in [6.45, 7) is 3.69. The fourth-order valence-corrected chi connectivity index (χ4v) is 2.74. The normalized spacial score (nSPS) is 19.9. The van der Waals surface area contributed by atoms with Crippen molar-refractivity contribution in [2.45, 2.75) is 25.8 Å². The maximum Gasteiger partial charge on any atom is 0.232 e. The Bertz CT molecular complexity index is 493. The van der Waals surface area contributed by atoms with Crippen molar-refractivity contribution in [3.05, 3.63) is 24.3 Å². The molecule has 1 aliphatic heterocycles. The molecule has 0 spiro atoms. The van der Waals surface area contributed by atoms with Crippen LogP contribution in [0, 0.1) is 0 Å². The van der Waals surface area contributed by atoms with Crippen LogP contribution in [0.25, 0.3) is 0 Å². The molecule has 3 N–H and O–H groups in total. The van der Waals surface area contributed by atoms with E-state index in [1.807, 2.05) is 12.1 Å². The summed E-state index contributed by atoms with van der Waals surface area (Å²) in [5.41, 5.74) is 1.63. The van der Waals surface area contributed by atoms with Crippen LogP contribution in [0.4, 0.5) is 11.4 Å². The van der Waals surface area contributed by atoms with E-state index in [1.54, 1.807) is 19.1 Å². The van der Waals surface area contributed by atoms with Crippen molar-refractivity contribution >= 4 is 21.4 Å². The summed E-state index contributed by atoms with van der Waals surface area (Å²) in [4.78, 5) is 0. The predicted molar refractivity (Wildman–Crippen MR) is 79.0 cm³/mol. The van der Waals surface area contributed by atoms with Gasteiger partial charge in [-0.2, -0.15) is 0 Å². The molecule has 2 rings (SSSR count). The molecule has 1 heterocycles. The van der Waals surface area contributed by atoms with E-state index < -0.39 is 10.0 Å². The van der Waals surface area contributed by atoms with Crippen LogP contribution in [0.5, 0.6) is 0 Å². The van der Waals surface area contributed by atoms with Gasteiger partial charge < -0.3 is 10.6 Å². The van der Waals surface area contributed by atoms with Crippen LogP contribution < -0.4 is 15.4 Å². The van der Waals surface area contributed by atoms with E-state index in [0.29, 0.717) is 11.7 Å². The van der Waals surface area contributed by atoms with E-state index in [-0.39, 0.29) is 5.75 Å². The summed E-state index contributed by atoms with van der Waals surface area (Å²) in [6.07, 6.45) is 2.35. The number of piperidine rings is 1. The van der Waals surface area contributed by atoms with Gasteiger partial charge in [-0.3, -0.25) is 4.72 Å². The first-order valence-electron chi connectivity index (χ1n) is 6.67. The summed E-state index contributed by atoms with van der Waals surface area (Å²) < 4.78 is 25.4. The Morgan fingerprint density at radius 1 is 1.26 bits per heavy atom. The highest BCUT2D eigenvalue weighted by Crippen LogP contribution is 2.17. The van der Waals surface area contributed by atoms with Gasteiger partial charge in [0, 0.05) is 24.0 Å². The zero-order valence-corrected chi connectivity index (χ0v) is 12.0. The van der Waals surface area contributed by atoms with Crippen molar-refractivity contribution in [2.75, 3.05) is 28.9 Å². The molecule has 0 radical (unpaired) electrons. The third-order valence-electron chi connectivity index (χ3n) is 3.21. The average molecular weight is 283 g/mol. The van der Waals surface area contributed by atoms with Crippen LogP contribution in [0.3, 0.4) is 0 Å². The van der Waals surface area contributed by atoms with E-state index in [1.165, 1.54) is 6.42 Å². The molecule has 1 aliphatic rings. The van der Waals surface area contributed by atoms with Gasteiger partial charge in [-0.1, -0.05) is 0 Å². The van der Waals surface area contributed by atoms with Gasteiger partial charge in [0.05, 0.1) is 5.75 Å². The van der Waals surface area contributed by atoms with Crippen molar-refractivity contribution in [1.29, 1.82) is 0 Å². The van der Waals surface area contributed by atoms with Crippen LogP contribution >= 0.6 is 0 Å². The van der Waals surface area contributed by atoms with E-state index in [9.17, 15) is 8.42 Å². The van der Waals surface area contributed by atoms with Gasteiger partial charge in [0.1, 0.15) is 0 Å². The highest BCUT2D eigenvalue weighted by molar-refractivity contribution is 7.92. The maximum absolute atomic E-state index is 11.4. The van der Waals surface area contributed by atoms with Crippen molar-refractivity contribution in [3.63, 3.8) is 0 Å². The summed E-state index contributed by atoms with van der Waals surface area (Å²) in [5, 5.41) is 6.80. The molecule has 0 bridgehead atoms. The van der Waals surface area contributed by atoms with Crippen molar-refractivity contribution in [2.24, 2.45) is 0 Å². The van der Waals surface area contributed by atoms with Gasteiger partial charge in [0.2, 0.25) is 10.0 Å². The quantitative estimate of drug-likeness (QED) is 0.768. The molecule has 6 heteroatoms. The highest BCUT2D eigenvalue weighted by Gasteiger charge is 2.12. The summed E-state index contributed by atoms with van der Waals surface area (Å²) in [5.74, 6) is 0.0841. The smallest absolute Gasteiger partial charge is 0.232 e. The molecular weight excluding hydrogens is 262 g/mol. The summed E-state index contributed by atoms with van der Waals surface area (Å²) >= 11 is 0. The summed E-state index contributed by atoms with van der Waals surface area (Å²) in [6, 6.07) is 7.83. The summed E-state index contributed by atoms with van der Waals surface area (Å²) in [7, 11) is -3.19. The van der Waals surface area contributed by atoms with Gasteiger partial charge in [-0.05, 0) is 50.6 Å². The van der Waals surface area contributed by atoms with Crippen LogP contribution in [-0.2, 0) is 10.0 Å². The minimum Gasteiger partial charge on any atom is -0.381 e. The molecule has 1 saturated heterocycles. The molecule has 19 heavy (non-hydrogen) atoms. The second-order valence-electron chi connectivity index (χ2n) is 4.77. The molecule has 1 unspecified atom stereocenters. The third-order valence-corrected chi connectivity index (χ3v) is 4.51. The van der Waals surface area contributed by atoms with Crippen LogP contribution in [0.1, 0.15) is 19.8 Å². The maximum atomic E-state index is 11.4. The molecule has 0 amide bonds. The van der Waals surface area contributed by atoms with Crippen LogP contribution in [-0.4, -0.2) is 33.3 Å². The van der Waals surface area contributed by atoms with E-state index in [2.05, 4.69) is 15.4 Å². The molecule has 0 aromatic heterocycles. The van der Waals surface area contributed by atoms with Crippen molar-refractivity contribution < 1.29 is 8.42 Å². The zero-order chi connectivity index (χ0) is 13.7. The van der Waals surface area contributed by atoms with Crippen molar-refractivity contribution in [1.82, 2.24) is 5.32 Å². The number of hydrogen-bond acceptors (Lipinski definition) is 4. The largest absolute Gasteiger partial charge is 0.381 e. The Hall–Kier alpha value is -1.27. The minimum atomic E-state index is -3.19. The number of benzene rings is 1. The van der Waals surface area contributed by atoms with Gasteiger partial charge in [-0.15, -0.1) is 0 Å². The van der Waals surface area contributed by atoms with Gasteiger partial charge in [0.25, 0.3) is 0 Å². The second-order valence-corrected chi connectivity index (χ2v) is 6.78. The Morgan fingerprint density at radius 2 is 1.95 bits per heavy atom. The lowest BCUT2D eigenvalue weighted by Gasteiger charge is -2.24. The lowest BCUT2D eigenvalue weighted by atomic mass is 10.1. The van der Waals surface area contributed by atoms with Crippen LogP contribution in [0.15, 0.2) is 24.3 Å². The molecule has 1 aromatic carbocycles. The topological polar surface area (TPSA) is 70.2 Å².